The van der Waals surface area contributed by atoms with Crippen LogP contribution in [0.15, 0.2) is 24.8 Å². The molecule has 0 amide bonds. The van der Waals surface area contributed by atoms with E-state index in [1.165, 1.54) is 36.0 Å². The van der Waals surface area contributed by atoms with E-state index in [1.54, 1.807) is 0 Å². The largest absolute Gasteiger partial charge is 0.381 e. The predicted octanol–water partition coefficient (Wildman–Crippen LogP) is 3.10. The smallest absolute Gasteiger partial charge is 0.0407 e. The molecule has 0 saturated carbocycles. The molecule has 74 valence electrons. The van der Waals surface area contributed by atoms with E-state index in [0.29, 0.717) is 0 Å². The molecule has 0 aliphatic carbocycles. The van der Waals surface area contributed by atoms with Crippen molar-refractivity contribution in [1.29, 1.82) is 0 Å². The fraction of sp³-hybridized carbons (Fsp3) is 0.385. The summed E-state index contributed by atoms with van der Waals surface area (Å²) in [5, 5.41) is 3.27. The third kappa shape index (κ3) is 1.67. The van der Waals surface area contributed by atoms with Gasteiger partial charge in [0.15, 0.2) is 0 Å². The van der Waals surface area contributed by atoms with Gasteiger partial charge in [-0.3, -0.25) is 0 Å². The maximum atomic E-state index is 3.98. The number of hydrogen-bond acceptors (Lipinski definition) is 1. The van der Waals surface area contributed by atoms with Gasteiger partial charge in [-0.2, -0.15) is 0 Å². The van der Waals surface area contributed by atoms with E-state index in [2.05, 4.69) is 37.0 Å². The van der Waals surface area contributed by atoms with Crippen molar-refractivity contribution in [3.63, 3.8) is 0 Å². The average Bonchev–Trinajstić information content (AvgIpc) is 2.57. The van der Waals surface area contributed by atoms with Crippen LogP contribution in [0.5, 0.6) is 0 Å². The van der Waals surface area contributed by atoms with Crippen LogP contribution >= 0.6 is 0 Å². The Bertz CT molecular complexity index is 352. The van der Waals surface area contributed by atoms with Crippen LogP contribution in [-0.2, 0) is 13.0 Å². The van der Waals surface area contributed by atoms with Crippen molar-refractivity contribution in [2.45, 2.75) is 32.7 Å². The van der Waals surface area contributed by atoms with Crippen LogP contribution in [0.3, 0.4) is 0 Å². The molecular weight excluding hydrogens is 170 g/mol. The summed E-state index contributed by atoms with van der Waals surface area (Å²) in [5.74, 6) is 0. The van der Waals surface area contributed by atoms with Crippen LogP contribution < -0.4 is 5.32 Å². The van der Waals surface area contributed by atoms with Gasteiger partial charge < -0.3 is 5.32 Å². The number of rotatable bonds is 3. The van der Waals surface area contributed by atoms with Crippen LogP contribution in [0.25, 0.3) is 5.70 Å². The third-order valence-electron chi connectivity index (χ3n) is 2.81. The zero-order valence-electron chi connectivity index (χ0n) is 8.77. The summed E-state index contributed by atoms with van der Waals surface area (Å²) in [4.78, 5) is 0. The topological polar surface area (TPSA) is 12.0 Å². The minimum Gasteiger partial charge on any atom is -0.381 e. The minimum atomic E-state index is 0.953. The Hall–Kier alpha value is -1.24. The first-order valence-corrected chi connectivity index (χ1v) is 5.36. The van der Waals surface area contributed by atoms with E-state index >= 15 is 0 Å². The van der Waals surface area contributed by atoms with E-state index < -0.39 is 0 Å². The zero-order chi connectivity index (χ0) is 9.97. The van der Waals surface area contributed by atoms with Gasteiger partial charge in [-0.1, -0.05) is 38.1 Å². The molecule has 0 spiro atoms. The second kappa shape index (κ2) is 3.87. The van der Waals surface area contributed by atoms with Gasteiger partial charge in [0, 0.05) is 17.8 Å². The summed E-state index contributed by atoms with van der Waals surface area (Å²) in [6, 6.07) is 6.74. The van der Waals surface area contributed by atoms with Gasteiger partial charge in [-0.25, -0.2) is 0 Å². The molecule has 14 heavy (non-hydrogen) atoms. The second-order valence-corrected chi connectivity index (χ2v) is 3.93. The van der Waals surface area contributed by atoms with E-state index in [4.69, 9.17) is 0 Å². The highest BCUT2D eigenvalue weighted by Crippen LogP contribution is 2.24. The lowest BCUT2D eigenvalue weighted by Gasteiger charge is -2.03. The Morgan fingerprint density at radius 2 is 2.29 bits per heavy atom. The average molecular weight is 187 g/mol. The first-order valence-electron chi connectivity index (χ1n) is 5.36. The molecule has 1 heterocycles. The van der Waals surface area contributed by atoms with Gasteiger partial charge in [0.25, 0.3) is 0 Å². The first-order chi connectivity index (χ1) is 6.81. The summed E-state index contributed by atoms with van der Waals surface area (Å²) < 4.78 is 0. The van der Waals surface area contributed by atoms with Crippen LogP contribution in [-0.4, -0.2) is 0 Å². The number of unbranched alkanes of at least 4 members (excludes halogenated alkanes) is 1. The molecule has 0 bridgehead atoms. The van der Waals surface area contributed by atoms with Crippen molar-refractivity contribution in [3.05, 3.63) is 41.5 Å². The van der Waals surface area contributed by atoms with E-state index in [9.17, 15) is 0 Å². The van der Waals surface area contributed by atoms with Gasteiger partial charge in [-0.15, -0.1) is 0 Å². The molecule has 0 radical (unpaired) electrons. The van der Waals surface area contributed by atoms with Crippen LogP contribution in [0.4, 0.5) is 0 Å². The summed E-state index contributed by atoms with van der Waals surface area (Å²) in [6.07, 6.45) is 3.76. The quantitative estimate of drug-likeness (QED) is 0.766. The lowest BCUT2D eigenvalue weighted by Crippen LogP contribution is -1.98. The lowest BCUT2D eigenvalue weighted by atomic mass is 10.0. The number of hydrogen-bond donors (Lipinski definition) is 1. The highest BCUT2D eigenvalue weighted by atomic mass is 14.9. The van der Waals surface area contributed by atoms with Crippen LogP contribution in [0, 0.1) is 0 Å². The van der Waals surface area contributed by atoms with Gasteiger partial charge in [-0.05, 0) is 24.0 Å². The Morgan fingerprint density at radius 3 is 3.07 bits per heavy atom. The maximum absolute atomic E-state index is 3.98. The van der Waals surface area contributed by atoms with Gasteiger partial charge in [0.2, 0.25) is 0 Å². The summed E-state index contributed by atoms with van der Waals surface area (Å²) in [7, 11) is 0. The van der Waals surface area contributed by atoms with Crippen molar-refractivity contribution >= 4 is 5.70 Å². The van der Waals surface area contributed by atoms with Crippen molar-refractivity contribution in [1.82, 2.24) is 5.32 Å². The molecule has 2 rings (SSSR count). The van der Waals surface area contributed by atoms with Crippen molar-refractivity contribution in [3.8, 4) is 0 Å². The molecule has 0 saturated heterocycles. The van der Waals surface area contributed by atoms with Crippen molar-refractivity contribution in [2.24, 2.45) is 0 Å². The number of aryl methyl sites for hydroxylation is 1. The highest BCUT2D eigenvalue weighted by Gasteiger charge is 2.13. The molecule has 0 fully saturated rings. The van der Waals surface area contributed by atoms with Gasteiger partial charge in [0.1, 0.15) is 0 Å². The Balaban J connectivity index is 2.19. The second-order valence-electron chi connectivity index (χ2n) is 3.93. The molecule has 1 aromatic rings. The molecule has 0 unspecified atom stereocenters. The van der Waals surface area contributed by atoms with Crippen LogP contribution in [0.2, 0.25) is 0 Å². The Morgan fingerprint density at radius 1 is 1.43 bits per heavy atom. The number of benzene rings is 1. The highest BCUT2D eigenvalue weighted by molar-refractivity contribution is 5.69. The Labute approximate surface area is 85.8 Å². The SMILES string of the molecule is C=C1NCc2cc(CCCC)ccc21. The van der Waals surface area contributed by atoms with E-state index in [-0.39, 0.29) is 0 Å². The Kier molecular flexibility index (Phi) is 2.58. The number of fused-ring (bicyclic) bond motifs is 1. The molecule has 0 aromatic heterocycles. The summed E-state index contributed by atoms with van der Waals surface area (Å²) in [5.41, 5.74) is 5.23. The first kappa shape index (κ1) is 9.32. The van der Waals surface area contributed by atoms with E-state index in [0.717, 1.165) is 12.2 Å². The molecule has 1 heteroatoms. The normalized spacial score (nSPS) is 13.9. The standard InChI is InChI=1S/C13H17N/c1-3-4-5-11-6-7-13-10(2)14-9-12(13)8-11/h6-8,14H,2-5,9H2,1H3. The molecule has 1 aliphatic rings. The zero-order valence-corrected chi connectivity index (χ0v) is 8.77. The van der Waals surface area contributed by atoms with Crippen molar-refractivity contribution < 1.29 is 0 Å². The molecule has 1 nitrogen and oxygen atoms in total. The summed E-state index contributed by atoms with van der Waals surface area (Å²) >= 11 is 0. The molecule has 1 aliphatic heterocycles. The number of nitrogens with one attached hydrogen (secondary N) is 1. The summed E-state index contributed by atoms with van der Waals surface area (Å²) in [6.45, 7) is 7.16. The van der Waals surface area contributed by atoms with Crippen LogP contribution in [0.1, 0.15) is 36.5 Å². The fourth-order valence-electron chi connectivity index (χ4n) is 1.92. The molecule has 1 aromatic carbocycles. The molecular formula is C13H17N. The maximum Gasteiger partial charge on any atom is 0.0407 e. The molecule has 0 atom stereocenters. The minimum absolute atomic E-state index is 0.953. The third-order valence-corrected chi connectivity index (χ3v) is 2.81. The van der Waals surface area contributed by atoms with Gasteiger partial charge in [0.05, 0.1) is 0 Å². The lowest BCUT2D eigenvalue weighted by molar-refractivity contribution is 0.793. The molecule has 1 N–H and O–H groups in total. The van der Waals surface area contributed by atoms with E-state index in [1.807, 2.05) is 0 Å². The predicted molar refractivity (Wildman–Crippen MR) is 60.9 cm³/mol. The monoisotopic (exact) mass is 187 g/mol. The van der Waals surface area contributed by atoms with Crippen molar-refractivity contribution in [2.75, 3.05) is 0 Å². The fourth-order valence-corrected chi connectivity index (χ4v) is 1.92. The van der Waals surface area contributed by atoms with Gasteiger partial charge >= 0.3 is 0 Å².